The van der Waals surface area contributed by atoms with E-state index >= 15 is 0 Å². The predicted molar refractivity (Wildman–Crippen MR) is 134 cm³/mol. The summed E-state index contributed by atoms with van der Waals surface area (Å²) >= 11 is 0. The van der Waals surface area contributed by atoms with Crippen LogP contribution in [0.25, 0.3) is 0 Å². The molecule has 8 nitrogen and oxygen atoms in total. The second-order valence-electron chi connectivity index (χ2n) is 8.13. The van der Waals surface area contributed by atoms with E-state index in [0.29, 0.717) is 24.3 Å². The largest absolute Gasteiger partial charge is 1.00 e. The van der Waals surface area contributed by atoms with Gasteiger partial charge in [-0.05, 0) is 25.0 Å². The maximum absolute atomic E-state index is 12.4. The van der Waals surface area contributed by atoms with E-state index in [-0.39, 0.29) is 31.0 Å². The van der Waals surface area contributed by atoms with Crippen LogP contribution in [-0.2, 0) is 13.9 Å². The third-order valence-electron chi connectivity index (χ3n) is 5.10. The van der Waals surface area contributed by atoms with Crippen LogP contribution in [0.3, 0.4) is 0 Å². The Labute approximate surface area is 235 Å². The van der Waals surface area contributed by atoms with Crippen molar-refractivity contribution in [3.63, 3.8) is 0 Å². The molecule has 10 heteroatoms. The van der Waals surface area contributed by atoms with Gasteiger partial charge in [0.1, 0.15) is 0 Å². The van der Waals surface area contributed by atoms with Gasteiger partial charge in [0.05, 0.1) is 24.3 Å². The summed E-state index contributed by atoms with van der Waals surface area (Å²) in [6, 6.07) is 6.74. The molecule has 0 aromatic heterocycles. The molecule has 0 amide bonds. The number of carbonyl (C=O) groups is 2. The second-order valence-corrected chi connectivity index (χ2v) is 9.69. The summed E-state index contributed by atoms with van der Waals surface area (Å²) in [5, 5.41) is 0. The Balaban J connectivity index is -0.00000121. The van der Waals surface area contributed by atoms with Gasteiger partial charge in [0.25, 0.3) is 0 Å². The number of ether oxygens (including phenoxy) is 2. The molecule has 0 saturated carbocycles. The van der Waals surface area contributed by atoms with Gasteiger partial charge in [-0.25, -0.2) is 9.59 Å². The molecule has 0 aliphatic heterocycles. The molecule has 1 aromatic rings. The van der Waals surface area contributed by atoms with Gasteiger partial charge in [0.15, 0.2) is 0 Å². The molecular formula is C25H45NaO8Si. The first-order chi connectivity index (χ1) is 16.3. The van der Waals surface area contributed by atoms with Gasteiger partial charge in [0.2, 0.25) is 0 Å². The Morgan fingerprint density at radius 2 is 1.03 bits per heavy atom. The van der Waals surface area contributed by atoms with Crippen molar-refractivity contribution >= 4 is 21.0 Å². The average Bonchev–Trinajstić information content (AvgIpc) is 2.82. The summed E-state index contributed by atoms with van der Waals surface area (Å²) in [5.41, 5.74) is 0.586. The maximum Gasteiger partial charge on any atom is 1.00 e. The minimum absolute atomic E-state index is 0. The molecule has 0 fully saturated rings. The Hall–Kier alpha value is -0.783. The number of rotatable bonds is 17. The molecule has 0 heterocycles. The molecular weight excluding hydrogens is 479 g/mol. The van der Waals surface area contributed by atoms with Gasteiger partial charge < -0.3 is 29.7 Å². The van der Waals surface area contributed by atoms with Crippen LogP contribution < -0.4 is 29.6 Å². The van der Waals surface area contributed by atoms with E-state index in [1.807, 2.05) is 0 Å². The number of unbranched alkanes of at least 4 members (excludes halogenated alkanes) is 10. The third kappa shape index (κ3) is 21.0. The average molecular weight is 525 g/mol. The molecule has 0 aliphatic carbocycles. The van der Waals surface area contributed by atoms with Crippen LogP contribution in [0.4, 0.5) is 0 Å². The van der Waals surface area contributed by atoms with Gasteiger partial charge in [-0.2, -0.15) is 0 Å². The quantitative estimate of drug-likeness (QED) is 0.160. The van der Waals surface area contributed by atoms with Crippen molar-refractivity contribution in [1.29, 1.82) is 0 Å². The van der Waals surface area contributed by atoms with Crippen molar-refractivity contribution in [2.75, 3.05) is 20.3 Å². The zero-order valence-electron chi connectivity index (χ0n) is 23.1. The van der Waals surface area contributed by atoms with E-state index < -0.39 is 21.0 Å². The Bertz CT molecular complexity index is 625. The van der Waals surface area contributed by atoms with Crippen LogP contribution in [0, 0.1) is 0 Å². The second kappa shape index (κ2) is 23.6. The number of benzene rings is 1. The molecule has 1 aromatic carbocycles. The fourth-order valence-corrected chi connectivity index (χ4v) is 3.09. The van der Waals surface area contributed by atoms with Gasteiger partial charge >= 0.3 is 50.5 Å². The molecule has 0 radical (unpaired) electrons. The molecule has 1 rings (SSSR count). The smallest absolute Gasteiger partial charge is 1.00 e. The van der Waals surface area contributed by atoms with Gasteiger partial charge in [-0.3, -0.25) is 0 Å². The molecule has 35 heavy (non-hydrogen) atoms. The van der Waals surface area contributed by atoms with Crippen molar-refractivity contribution in [1.82, 2.24) is 0 Å². The molecule has 0 atom stereocenters. The first-order valence-corrected chi connectivity index (χ1v) is 14.2. The maximum atomic E-state index is 12.4. The van der Waals surface area contributed by atoms with Crippen LogP contribution in [0.5, 0.6) is 0 Å². The molecule has 198 valence electrons. The van der Waals surface area contributed by atoms with E-state index in [1.54, 1.807) is 24.3 Å². The van der Waals surface area contributed by atoms with Crippen molar-refractivity contribution in [3.05, 3.63) is 35.4 Å². The topological polar surface area (TPSA) is 123 Å². The van der Waals surface area contributed by atoms with E-state index in [2.05, 4.69) is 18.3 Å². The third-order valence-corrected chi connectivity index (χ3v) is 5.65. The van der Waals surface area contributed by atoms with Gasteiger partial charge in [-0.15, -0.1) is 0 Å². The minimum atomic E-state index is -4.13. The fourth-order valence-electron chi connectivity index (χ4n) is 3.09. The van der Waals surface area contributed by atoms with E-state index in [9.17, 15) is 9.59 Å². The number of hydrogen-bond donors (Lipinski definition) is 3. The van der Waals surface area contributed by atoms with Crippen LogP contribution in [-0.4, -0.2) is 55.7 Å². The van der Waals surface area contributed by atoms with Gasteiger partial charge in [0, 0.05) is 7.11 Å². The first-order valence-electron chi connectivity index (χ1n) is 12.4. The summed E-state index contributed by atoms with van der Waals surface area (Å²) in [5.74, 6) is -0.888. The van der Waals surface area contributed by atoms with Crippen LogP contribution in [0.1, 0.15) is 113 Å². The van der Waals surface area contributed by atoms with Crippen LogP contribution in [0.2, 0.25) is 0 Å². The van der Waals surface area contributed by atoms with Crippen molar-refractivity contribution in [3.8, 4) is 0 Å². The number of esters is 2. The molecule has 0 spiro atoms. The van der Waals surface area contributed by atoms with Crippen molar-refractivity contribution in [2.45, 2.75) is 90.9 Å². The molecule has 0 aliphatic rings. The van der Waals surface area contributed by atoms with Crippen molar-refractivity contribution in [2.24, 2.45) is 0 Å². The molecule has 0 saturated heterocycles. The first kappa shape index (κ1) is 36.4. The summed E-state index contributed by atoms with van der Waals surface area (Å²) in [6.07, 6.45) is 13.6. The summed E-state index contributed by atoms with van der Waals surface area (Å²) in [7, 11) is -3.11. The normalized spacial score (nSPS) is 10.6. The molecule has 0 bridgehead atoms. The Morgan fingerprint density at radius 3 is 1.34 bits per heavy atom. The summed E-state index contributed by atoms with van der Waals surface area (Å²) in [6.45, 7) is 5.17. The van der Waals surface area contributed by atoms with Crippen LogP contribution >= 0.6 is 0 Å². The monoisotopic (exact) mass is 524 g/mol. The predicted octanol–water partition coefficient (Wildman–Crippen LogP) is 1.88. The van der Waals surface area contributed by atoms with Gasteiger partial charge in [-0.1, -0.05) is 90.2 Å². The van der Waals surface area contributed by atoms with E-state index in [0.717, 1.165) is 32.8 Å². The zero-order valence-corrected chi connectivity index (χ0v) is 25.1. The summed E-state index contributed by atoms with van der Waals surface area (Å²) in [4.78, 5) is 48.3. The Morgan fingerprint density at radius 1 is 0.714 bits per heavy atom. The molecule has 3 N–H and O–H groups in total. The number of hydrogen-bond acceptors (Lipinski definition) is 8. The SMILES string of the molecule is CCCCCCCCOC(=O)c1ccccc1C(=O)OCCCCCCCC.CO[Si](O)(O)O.[H-].[Na+]. The minimum Gasteiger partial charge on any atom is -1.00 e. The fraction of sp³-hybridized carbons (Fsp3) is 0.680. The van der Waals surface area contributed by atoms with E-state index in [1.165, 1.54) is 51.4 Å². The zero-order chi connectivity index (χ0) is 25.7. The number of carbonyl (C=O) groups excluding carboxylic acids is 2. The van der Waals surface area contributed by atoms with Crippen LogP contribution in [0.15, 0.2) is 24.3 Å². The Kier molecular flexibility index (Phi) is 24.5. The standard InChI is InChI=1S/C24H38O4.CH6O4Si.Na.H/c1-3-5-7-9-11-15-19-27-23(25)21-17-13-14-18-22(21)24(26)28-20-16-12-10-8-6-4-2;1-5-6(2,3)4;;/h13-14,17-18H,3-12,15-16,19-20H2,1-2H3;2-4H,1H3;;/q;;+1;-1. The molecule has 0 unspecified atom stereocenters. The van der Waals surface area contributed by atoms with Crippen molar-refractivity contribution < 1.29 is 68.9 Å². The summed E-state index contributed by atoms with van der Waals surface area (Å²) < 4.78 is 14.5. The van der Waals surface area contributed by atoms with E-state index in [4.69, 9.17) is 23.9 Å².